The largest absolute Gasteiger partial charge is 1.00 e. The van der Waals surface area contributed by atoms with Crippen LogP contribution in [0.4, 0.5) is 0 Å². The van der Waals surface area contributed by atoms with Gasteiger partial charge in [0, 0.05) is 0 Å². The van der Waals surface area contributed by atoms with E-state index in [0.717, 1.165) is 17.6 Å². The second-order valence-corrected chi connectivity index (χ2v) is 4.70. The lowest BCUT2D eigenvalue weighted by atomic mass is 10.1. The number of unbranched alkanes of at least 4 members (excludes halogenated alkanes) is 4. The quantitative estimate of drug-likeness (QED) is 0.303. The molecule has 0 aliphatic heterocycles. The first-order valence-electron chi connectivity index (χ1n) is 6.24. The summed E-state index contributed by atoms with van der Waals surface area (Å²) < 4.78 is 1.07. The monoisotopic (exact) mass is 245 g/mol. The number of rotatable bonds is 10. The molecular formula is C14H28ClN. The van der Waals surface area contributed by atoms with Gasteiger partial charge in [-0.1, -0.05) is 39.3 Å². The Labute approximate surface area is 108 Å². The van der Waals surface area contributed by atoms with E-state index in [2.05, 4.69) is 27.1 Å². The predicted octanol–water partition coefficient (Wildman–Crippen LogP) is 0.779. The van der Waals surface area contributed by atoms with Gasteiger partial charge in [-0.3, -0.25) is 0 Å². The third kappa shape index (κ3) is 8.99. The molecule has 0 amide bonds. The van der Waals surface area contributed by atoms with Gasteiger partial charge in [0.15, 0.2) is 0 Å². The molecule has 16 heavy (non-hydrogen) atoms. The Morgan fingerprint density at radius 2 is 1.44 bits per heavy atom. The first-order valence-corrected chi connectivity index (χ1v) is 6.24. The predicted molar refractivity (Wildman–Crippen MR) is 69.9 cm³/mol. The second-order valence-electron chi connectivity index (χ2n) is 4.70. The van der Waals surface area contributed by atoms with E-state index < -0.39 is 0 Å². The van der Waals surface area contributed by atoms with Gasteiger partial charge in [-0.05, 0) is 25.0 Å². The van der Waals surface area contributed by atoms with Crippen molar-refractivity contribution in [3.05, 3.63) is 25.3 Å². The van der Waals surface area contributed by atoms with Gasteiger partial charge in [0.2, 0.25) is 0 Å². The summed E-state index contributed by atoms with van der Waals surface area (Å²) in [5.41, 5.74) is 0. The molecule has 0 aliphatic rings. The third-order valence-electron chi connectivity index (χ3n) is 2.94. The van der Waals surface area contributed by atoms with Gasteiger partial charge >= 0.3 is 0 Å². The molecule has 0 rings (SSSR count). The fourth-order valence-electron chi connectivity index (χ4n) is 1.98. The summed E-state index contributed by atoms with van der Waals surface area (Å²) in [4.78, 5) is 0. The average molecular weight is 246 g/mol. The lowest BCUT2D eigenvalue weighted by molar-refractivity contribution is -0.898. The molecule has 0 N–H and O–H groups in total. The van der Waals surface area contributed by atoms with Gasteiger partial charge in [-0.25, -0.2) is 0 Å². The zero-order chi connectivity index (χ0) is 11.6. The maximum atomic E-state index is 3.84. The summed E-state index contributed by atoms with van der Waals surface area (Å²) in [5, 5.41) is 0. The molecule has 0 fully saturated rings. The number of likely N-dealkylation sites (N-methyl/N-ethyl adjacent to an activating group) is 1. The van der Waals surface area contributed by atoms with Crippen LogP contribution in [0.1, 0.15) is 39.0 Å². The van der Waals surface area contributed by atoms with Crippen molar-refractivity contribution >= 4 is 0 Å². The van der Waals surface area contributed by atoms with E-state index >= 15 is 0 Å². The van der Waals surface area contributed by atoms with Gasteiger partial charge in [0.05, 0.1) is 26.7 Å². The van der Waals surface area contributed by atoms with Crippen LogP contribution in [0.2, 0.25) is 0 Å². The van der Waals surface area contributed by atoms with Crippen molar-refractivity contribution in [1.29, 1.82) is 0 Å². The fourth-order valence-corrected chi connectivity index (χ4v) is 1.98. The van der Waals surface area contributed by atoms with Crippen LogP contribution in [0.5, 0.6) is 0 Å². The Hall–Kier alpha value is -0.270. The molecule has 0 bridgehead atoms. The fraction of sp³-hybridized carbons (Fsp3) is 0.714. The Morgan fingerprint density at radius 1 is 0.938 bits per heavy atom. The summed E-state index contributed by atoms with van der Waals surface area (Å²) in [6, 6.07) is 0. The van der Waals surface area contributed by atoms with Gasteiger partial charge in [0.25, 0.3) is 0 Å². The zero-order valence-corrected chi connectivity index (χ0v) is 11.8. The molecule has 0 saturated carbocycles. The lowest BCUT2D eigenvalue weighted by Gasteiger charge is -2.32. The van der Waals surface area contributed by atoms with Crippen LogP contribution >= 0.6 is 0 Å². The summed E-state index contributed by atoms with van der Waals surface area (Å²) in [7, 11) is 2.29. The van der Waals surface area contributed by atoms with Crippen LogP contribution in [0.15, 0.2) is 25.3 Å². The maximum Gasteiger partial charge on any atom is 0.0971 e. The first-order chi connectivity index (χ1) is 7.18. The second kappa shape index (κ2) is 11.2. The number of halogens is 1. The highest BCUT2D eigenvalue weighted by Gasteiger charge is 2.16. The Balaban J connectivity index is 0. The van der Waals surface area contributed by atoms with Crippen LogP contribution in [-0.2, 0) is 0 Å². The lowest BCUT2D eigenvalue weighted by Crippen LogP contribution is -3.00. The minimum absolute atomic E-state index is 0. The Morgan fingerprint density at radius 3 is 1.88 bits per heavy atom. The van der Waals surface area contributed by atoms with E-state index in [-0.39, 0.29) is 12.4 Å². The SMILES string of the molecule is C=CC[N+](C)(CC=C)CCCCCCC.[Cl-]. The number of nitrogens with zero attached hydrogens (tertiary/aromatic N) is 1. The molecule has 0 unspecified atom stereocenters. The van der Waals surface area contributed by atoms with Gasteiger partial charge in [0.1, 0.15) is 0 Å². The molecule has 0 spiro atoms. The normalized spacial score (nSPS) is 10.6. The minimum Gasteiger partial charge on any atom is -1.00 e. The highest BCUT2D eigenvalue weighted by atomic mass is 35.5. The van der Waals surface area contributed by atoms with E-state index in [1.54, 1.807) is 0 Å². The average Bonchev–Trinajstić information content (AvgIpc) is 2.18. The summed E-state index contributed by atoms with van der Waals surface area (Å²) >= 11 is 0. The molecule has 0 atom stereocenters. The van der Waals surface area contributed by atoms with E-state index in [4.69, 9.17) is 0 Å². The highest BCUT2D eigenvalue weighted by Crippen LogP contribution is 2.09. The van der Waals surface area contributed by atoms with E-state index in [1.807, 2.05) is 12.2 Å². The maximum absolute atomic E-state index is 3.84. The smallest absolute Gasteiger partial charge is 0.0971 e. The summed E-state index contributed by atoms with van der Waals surface area (Å²) in [5.74, 6) is 0. The van der Waals surface area contributed by atoms with Crippen molar-refractivity contribution < 1.29 is 16.9 Å². The van der Waals surface area contributed by atoms with Crippen molar-refractivity contribution in [2.24, 2.45) is 0 Å². The van der Waals surface area contributed by atoms with E-state index in [1.165, 1.54) is 38.6 Å². The van der Waals surface area contributed by atoms with Crippen molar-refractivity contribution in [1.82, 2.24) is 0 Å². The van der Waals surface area contributed by atoms with Crippen molar-refractivity contribution in [2.75, 3.05) is 26.7 Å². The van der Waals surface area contributed by atoms with Crippen LogP contribution < -0.4 is 12.4 Å². The van der Waals surface area contributed by atoms with E-state index in [9.17, 15) is 0 Å². The van der Waals surface area contributed by atoms with Gasteiger partial charge in [-0.2, -0.15) is 0 Å². The molecule has 0 aromatic heterocycles. The Bertz CT molecular complexity index is 168. The molecule has 0 heterocycles. The van der Waals surface area contributed by atoms with Crippen LogP contribution in [0, 0.1) is 0 Å². The topological polar surface area (TPSA) is 0 Å². The van der Waals surface area contributed by atoms with Crippen molar-refractivity contribution in [2.45, 2.75) is 39.0 Å². The van der Waals surface area contributed by atoms with Crippen molar-refractivity contribution in [3.8, 4) is 0 Å². The zero-order valence-electron chi connectivity index (χ0n) is 11.1. The Kier molecular flexibility index (Phi) is 12.7. The van der Waals surface area contributed by atoms with Gasteiger partial charge in [-0.15, -0.1) is 0 Å². The molecule has 96 valence electrons. The van der Waals surface area contributed by atoms with Crippen molar-refractivity contribution in [3.63, 3.8) is 0 Å². The molecule has 0 saturated heterocycles. The number of hydrogen-bond donors (Lipinski definition) is 0. The van der Waals surface area contributed by atoms with Gasteiger partial charge < -0.3 is 16.9 Å². The molecule has 0 aliphatic carbocycles. The highest BCUT2D eigenvalue weighted by molar-refractivity contribution is 4.70. The molecule has 1 nitrogen and oxygen atoms in total. The minimum atomic E-state index is 0. The number of quaternary nitrogens is 1. The molecule has 2 heteroatoms. The molecule has 0 aromatic rings. The van der Waals surface area contributed by atoms with Crippen LogP contribution in [-0.4, -0.2) is 31.2 Å². The third-order valence-corrected chi connectivity index (χ3v) is 2.94. The summed E-state index contributed by atoms with van der Waals surface area (Å²) in [6.07, 6.45) is 10.8. The standard InChI is InChI=1S/C14H28N.ClH/c1-5-8-9-10-11-14-15(4,12-6-2)13-7-3;/h6-7H,2-3,5,8-14H2,1,4H3;1H/q+1;/p-1. The first kappa shape index (κ1) is 18.1. The van der Waals surface area contributed by atoms with E-state index in [0.29, 0.717) is 0 Å². The molecule has 0 aromatic carbocycles. The molecular weight excluding hydrogens is 218 g/mol. The van der Waals surface area contributed by atoms with Crippen LogP contribution in [0.3, 0.4) is 0 Å². The van der Waals surface area contributed by atoms with Crippen LogP contribution in [0.25, 0.3) is 0 Å². The summed E-state index contributed by atoms with van der Waals surface area (Å²) in [6.45, 7) is 13.3. The number of hydrogen-bond acceptors (Lipinski definition) is 0. The molecule has 0 radical (unpaired) electrons.